The molecule has 43 heavy (non-hydrogen) atoms. The van der Waals surface area contributed by atoms with E-state index < -0.39 is 48.5 Å². The number of aliphatic hydroxyl groups is 1. The normalized spacial score (nSPS) is 22.0. The highest BCUT2D eigenvalue weighted by Crippen LogP contribution is 2.66. The molecule has 0 bridgehead atoms. The summed E-state index contributed by atoms with van der Waals surface area (Å²) in [5.41, 5.74) is 7.90. The van der Waals surface area contributed by atoms with Gasteiger partial charge in [-0.25, -0.2) is 23.7 Å². The molecule has 1 aromatic carbocycles. The van der Waals surface area contributed by atoms with E-state index in [2.05, 4.69) is 28.4 Å². The van der Waals surface area contributed by atoms with E-state index in [1.54, 1.807) is 6.20 Å². The maximum absolute atomic E-state index is 12.4. The highest BCUT2D eigenvalue weighted by molar-refractivity contribution is 7.66. The first-order chi connectivity index (χ1) is 20.1. The number of hydrogen-bond donors (Lipinski definition) is 7. The standard InChI is InChI=1S/C22H28N5O13P3/c23-21-20-15(6-7-18(29)24-9-8-14-4-2-1-3-5-14)11-27(22(20)26-13-25-21)19-10-16(28)17(38-19)12-37-42(33,34)40-43(35,36)39-41(30,31)32/h1-7,11,13,16-17,19,28H,8-10,12H2,(H,24,29)(H,33,34)(H,35,36)(H2,23,25,26)(H2,30,31,32)/b7-6+/t16-,17+,19+/m0/s1. The lowest BCUT2D eigenvalue weighted by molar-refractivity contribution is -0.116. The average Bonchev–Trinajstić information content (AvgIpc) is 3.45. The minimum absolute atomic E-state index is 0.0682. The molecule has 5 atom stereocenters. The van der Waals surface area contributed by atoms with E-state index >= 15 is 0 Å². The minimum Gasteiger partial charge on any atom is -0.390 e. The Balaban J connectivity index is 1.42. The fourth-order valence-corrected chi connectivity index (χ4v) is 7.22. The van der Waals surface area contributed by atoms with E-state index in [0.717, 1.165) is 5.56 Å². The maximum atomic E-state index is 12.4. The van der Waals surface area contributed by atoms with Crippen molar-refractivity contribution < 1.29 is 61.1 Å². The van der Waals surface area contributed by atoms with E-state index in [-0.39, 0.29) is 18.1 Å². The van der Waals surface area contributed by atoms with Gasteiger partial charge in [-0.2, -0.15) is 8.62 Å². The number of fused-ring (bicyclic) bond motifs is 1. The predicted octanol–water partition coefficient (Wildman–Crippen LogP) is 1.38. The smallest absolute Gasteiger partial charge is 0.390 e. The molecule has 1 fully saturated rings. The first-order valence-electron chi connectivity index (χ1n) is 12.4. The van der Waals surface area contributed by atoms with Crippen LogP contribution < -0.4 is 11.1 Å². The van der Waals surface area contributed by atoms with Crippen LogP contribution in [0.2, 0.25) is 0 Å². The number of nitrogen functional groups attached to an aromatic ring is 1. The van der Waals surface area contributed by atoms with Crippen LogP contribution >= 0.6 is 23.5 Å². The summed E-state index contributed by atoms with van der Waals surface area (Å²) in [7, 11) is -16.7. The Hall–Kier alpha value is -2.82. The van der Waals surface area contributed by atoms with E-state index in [1.807, 2.05) is 30.3 Å². The van der Waals surface area contributed by atoms with Crippen LogP contribution in [-0.4, -0.2) is 70.5 Å². The van der Waals surface area contributed by atoms with Crippen molar-refractivity contribution in [3.05, 3.63) is 60.1 Å². The topological polar surface area (TPSA) is 275 Å². The van der Waals surface area contributed by atoms with Gasteiger partial charge in [0.05, 0.1) is 18.1 Å². The second kappa shape index (κ2) is 13.4. The molecule has 0 aliphatic carbocycles. The molecule has 8 N–H and O–H groups in total. The summed E-state index contributed by atoms with van der Waals surface area (Å²) in [6.45, 7) is -0.427. The van der Waals surface area contributed by atoms with Crippen molar-refractivity contribution in [1.82, 2.24) is 19.9 Å². The van der Waals surface area contributed by atoms with Gasteiger partial charge in [0.25, 0.3) is 0 Å². The number of nitrogens with one attached hydrogen (secondary N) is 1. The Morgan fingerprint density at radius 1 is 1.12 bits per heavy atom. The Bertz CT molecular complexity index is 1630. The number of hydrogen-bond acceptors (Lipinski definition) is 12. The van der Waals surface area contributed by atoms with Gasteiger partial charge >= 0.3 is 23.5 Å². The lowest BCUT2D eigenvalue weighted by Gasteiger charge is -2.19. The molecule has 0 radical (unpaired) electrons. The lowest BCUT2D eigenvalue weighted by atomic mass is 10.1. The van der Waals surface area contributed by atoms with Crippen molar-refractivity contribution in [2.24, 2.45) is 0 Å². The van der Waals surface area contributed by atoms with Crippen LogP contribution in [0.4, 0.5) is 5.82 Å². The molecule has 3 heterocycles. The number of anilines is 1. The Labute approximate surface area is 243 Å². The molecule has 1 amide bonds. The number of carbonyl (C=O) groups is 1. The SMILES string of the molecule is Nc1ncnc2c1c(/C=C/C(=O)NCCc1ccccc1)cn2[C@H]1C[C@H](O)[C@@H](COP(=O)(O)OP(=O)(O)OP(=O)(O)O)O1. The number of benzene rings is 1. The zero-order chi connectivity index (χ0) is 31.4. The van der Waals surface area contributed by atoms with Gasteiger partial charge in [-0.1, -0.05) is 30.3 Å². The quantitative estimate of drug-likeness (QED) is 0.100. The van der Waals surface area contributed by atoms with Gasteiger partial charge < -0.3 is 45.0 Å². The van der Waals surface area contributed by atoms with E-state index in [9.17, 15) is 33.4 Å². The molecular formula is C22H28N5O13P3. The maximum Gasteiger partial charge on any atom is 0.490 e. The average molecular weight is 663 g/mol. The summed E-state index contributed by atoms with van der Waals surface area (Å²) in [6.07, 6.45) is 2.71. The highest BCUT2D eigenvalue weighted by Gasteiger charge is 2.43. The van der Waals surface area contributed by atoms with Gasteiger partial charge in [-0.3, -0.25) is 9.32 Å². The van der Waals surface area contributed by atoms with Crippen molar-refractivity contribution in [2.45, 2.75) is 31.3 Å². The van der Waals surface area contributed by atoms with Crippen LogP contribution in [0.25, 0.3) is 17.1 Å². The zero-order valence-corrected chi connectivity index (χ0v) is 24.7. The Kier molecular flexibility index (Phi) is 10.3. The third-order valence-electron chi connectivity index (χ3n) is 5.97. The molecule has 18 nitrogen and oxygen atoms in total. The number of nitrogens with two attached hydrogens (primary N) is 1. The summed E-state index contributed by atoms with van der Waals surface area (Å²) in [4.78, 5) is 56.9. The number of carbonyl (C=O) groups excluding carboxylic acids is 1. The van der Waals surface area contributed by atoms with Gasteiger partial charge in [0.2, 0.25) is 5.91 Å². The number of aromatic nitrogens is 3. The van der Waals surface area contributed by atoms with E-state index in [0.29, 0.717) is 29.6 Å². The zero-order valence-electron chi connectivity index (χ0n) is 22.0. The number of phosphoric acid groups is 3. The van der Waals surface area contributed by atoms with Crippen LogP contribution in [0, 0.1) is 0 Å². The van der Waals surface area contributed by atoms with Gasteiger partial charge in [-0.15, -0.1) is 0 Å². The second-order valence-corrected chi connectivity index (χ2v) is 13.5. The molecule has 0 saturated carbocycles. The number of rotatable bonds is 13. The Morgan fingerprint density at radius 2 is 1.84 bits per heavy atom. The second-order valence-electron chi connectivity index (χ2n) is 9.13. The van der Waals surface area contributed by atoms with Gasteiger partial charge in [0, 0.05) is 30.8 Å². The molecule has 234 valence electrons. The third kappa shape index (κ3) is 9.33. The number of phosphoric ester groups is 1. The lowest BCUT2D eigenvalue weighted by Crippen LogP contribution is -2.26. The van der Waals surface area contributed by atoms with E-state index in [4.69, 9.17) is 20.3 Å². The van der Waals surface area contributed by atoms with Crippen LogP contribution in [0.5, 0.6) is 0 Å². The van der Waals surface area contributed by atoms with Crippen molar-refractivity contribution in [3.8, 4) is 0 Å². The van der Waals surface area contributed by atoms with Crippen molar-refractivity contribution in [1.29, 1.82) is 0 Å². The number of ether oxygens (including phenoxy) is 1. The third-order valence-corrected chi connectivity index (χ3v) is 9.77. The predicted molar refractivity (Wildman–Crippen MR) is 148 cm³/mol. The monoisotopic (exact) mass is 663 g/mol. The first kappa shape index (κ1) is 33.1. The fourth-order valence-electron chi connectivity index (χ4n) is 4.19. The number of aliphatic hydroxyl groups excluding tert-OH is 1. The summed E-state index contributed by atoms with van der Waals surface area (Å²) in [6, 6.07) is 9.62. The minimum atomic E-state index is -5.71. The van der Waals surface area contributed by atoms with Gasteiger partial charge in [0.15, 0.2) is 0 Å². The largest absolute Gasteiger partial charge is 0.490 e. The molecule has 0 spiro atoms. The number of amides is 1. The molecule has 21 heteroatoms. The van der Waals surface area contributed by atoms with E-state index in [1.165, 1.54) is 23.0 Å². The van der Waals surface area contributed by atoms with Gasteiger partial charge in [0.1, 0.15) is 30.1 Å². The van der Waals surface area contributed by atoms with Crippen molar-refractivity contribution >= 4 is 52.3 Å². The molecule has 1 aliphatic rings. The summed E-state index contributed by atoms with van der Waals surface area (Å²) in [5.74, 6) is -0.248. The fraction of sp³-hybridized carbons (Fsp3) is 0.318. The summed E-state index contributed by atoms with van der Waals surface area (Å²) < 4.78 is 53.5. The highest BCUT2D eigenvalue weighted by atomic mass is 31.3. The number of nitrogens with zero attached hydrogens (tertiary/aromatic N) is 3. The van der Waals surface area contributed by atoms with Crippen molar-refractivity contribution in [3.63, 3.8) is 0 Å². The molecule has 1 saturated heterocycles. The van der Waals surface area contributed by atoms with Crippen LogP contribution in [-0.2, 0) is 42.8 Å². The first-order valence-corrected chi connectivity index (χ1v) is 16.9. The molecule has 1 aliphatic heterocycles. The molecule has 4 rings (SSSR count). The van der Waals surface area contributed by atoms with Crippen LogP contribution in [0.3, 0.4) is 0 Å². The van der Waals surface area contributed by atoms with Gasteiger partial charge in [-0.05, 0) is 18.1 Å². The van der Waals surface area contributed by atoms with Crippen LogP contribution in [0.1, 0.15) is 23.8 Å². The van der Waals surface area contributed by atoms with Crippen LogP contribution in [0.15, 0.2) is 48.9 Å². The Morgan fingerprint density at radius 3 is 2.53 bits per heavy atom. The molecule has 2 aromatic heterocycles. The summed E-state index contributed by atoms with van der Waals surface area (Å²) in [5, 5.41) is 13.7. The van der Waals surface area contributed by atoms with Crippen molar-refractivity contribution in [2.75, 3.05) is 18.9 Å². The molecular weight excluding hydrogens is 635 g/mol. The summed E-state index contributed by atoms with van der Waals surface area (Å²) >= 11 is 0. The molecule has 2 unspecified atom stereocenters. The molecule has 3 aromatic rings.